The predicted octanol–water partition coefficient (Wildman–Crippen LogP) is 3.52. The van der Waals surface area contributed by atoms with Crippen molar-refractivity contribution >= 4 is 11.6 Å². The average molecular weight is 198 g/mol. The van der Waals surface area contributed by atoms with Crippen LogP contribution in [0.1, 0.15) is 31.9 Å². The molecule has 0 amide bonds. The molecule has 0 aliphatic heterocycles. The molecule has 0 spiro atoms. The van der Waals surface area contributed by atoms with Gasteiger partial charge in [-0.25, -0.2) is 0 Å². The SMILES string of the molecule is CC(C)(C)c1cc(Cl)cc([CH]O)c1. The van der Waals surface area contributed by atoms with Crippen molar-refractivity contribution in [3.8, 4) is 0 Å². The first-order valence-corrected chi connectivity index (χ1v) is 4.60. The minimum atomic E-state index is 0.0582. The topological polar surface area (TPSA) is 20.2 Å². The largest absolute Gasteiger partial charge is 0.385 e. The Hall–Kier alpha value is -0.530. The lowest BCUT2D eigenvalue weighted by molar-refractivity contribution is 0.414. The molecule has 0 aliphatic rings. The maximum Gasteiger partial charge on any atom is 0.109 e. The predicted molar refractivity (Wildman–Crippen MR) is 55.5 cm³/mol. The van der Waals surface area contributed by atoms with Gasteiger partial charge in [0.2, 0.25) is 0 Å². The first kappa shape index (κ1) is 10.6. The molecule has 1 radical (unpaired) electrons. The number of rotatable bonds is 1. The summed E-state index contributed by atoms with van der Waals surface area (Å²) in [6.07, 6.45) is 0. The van der Waals surface area contributed by atoms with Crippen molar-refractivity contribution in [2.45, 2.75) is 26.2 Å². The fourth-order valence-corrected chi connectivity index (χ4v) is 1.36. The molecule has 71 valence electrons. The Balaban J connectivity index is 3.16. The summed E-state index contributed by atoms with van der Waals surface area (Å²) in [5.41, 5.74) is 1.93. The fourth-order valence-electron chi connectivity index (χ4n) is 1.12. The van der Waals surface area contributed by atoms with Gasteiger partial charge in [0.05, 0.1) is 0 Å². The van der Waals surface area contributed by atoms with E-state index in [1.54, 1.807) is 6.07 Å². The molecule has 0 heterocycles. The molecule has 1 aromatic rings. The van der Waals surface area contributed by atoms with Gasteiger partial charge in [-0.3, -0.25) is 0 Å². The van der Waals surface area contributed by atoms with Crippen molar-refractivity contribution in [2.24, 2.45) is 0 Å². The minimum Gasteiger partial charge on any atom is -0.385 e. The molecule has 1 rings (SSSR count). The summed E-state index contributed by atoms with van der Waals surface area (Å²) in [6, 6.07) is 5.59. The van der Waals surface area contributed by atoms with Gasteiger partial charge in [-0.15, -0.1) is 0 Å². The molecule has 0 bridgehead atoms. The standard InChI is InChI=1S/C11H14ClO/c1-11(2,3)9-4-8(7-13)5-10(12)6-9/h4-7,13H,1-3H3. The Morgan fingerprint density at radius 1 is 1.23 bits per heavy atom. The second-order valence-corrected chi connectivity index (χ2v) is 4.59. The molecule has 0 unspecified atom stereocenters. The van der Waals surface area contributed by atoms with Crippen LogP contribution in [0.3, 0.4) is 0 Å². The van der Waals surface area contributed by atoms with Gasteiger partial charge in [0.15, 0.2) is 0 Å². The van der Waals surface area contributed by atoms with E-state index in [9.17, 15) is 0 Å². The zero-order chi connectivity index (χ0) is 10.1. The van der Waals surface area contributed by atoms with Gasteiger partial charge in [-0.1, -0.05) is 38.4 Å². The first-order valence-electron chi connectivity index (χ1n) is 4.22. The third kappa shape index (κ3) is 2.71. The van der Waals surface area contributed by atoms with Crippen LogP contribution in [0.25, 0.3) is 0 Å². The monoisotopic (exact) mass is 197 g/mol. The summed E-state index contributed by atoms with van der Waals surface area (Å²) in [5.74, 6) is 0. The van der Waals surface area contributed by atoms with Crippen LogP contribution in [0, 0.1) is 6.61 Å². The smallest absolute Gasteiger partial charge is 0.109 e. The summed E-state index contributed by atoms with van der Waals surface area (Å²) < 4.78 is 0. The minimum absolute atomic E-state index is 0.0582. The first-order chi connectivity index (χ1) is 5.93. The van der Waals surface area contributed by atoms with Crippen molar-refractivity contribution in [1.29, 1.82) is 0 Å². The highest BCUT2D eigenvalue weighted by Gasteiger charge is 2.14. The van der Waals surface area contributed by atoms with Crippen LogP contribution in [-0.4, -0.2) is 5.11 Å². The van der Waals surface area contributed by atoms with Crippen LogP contribution < -0.4 is 0 Å². The van der Waals surface area contributed by atoms with Gasteiger partial charge in [0.25, 0.3) is 0 Å². The maximum atomic E-state index is 8.87. The lowest BCUT2D eigenvalue weighted by atomic mass is 9.86. The summed E-state index contributed by atoms with van der Waals surface area (Å²) in [7, 11) is 0. The van der Waals surface area contributed by atoms with E-state index < -0.39 is 0 Å². The van der Waals surface area contributed by atoms with E-state index in [0.717, 1.165) is 17.7 Å². The van der Waals surface area contributed by atoms with E-state index in [1.807, 2.05) is 12.1 Å². The molecule has 0 atom stereocenters. The summed E-state index contributed by atoms with van der Waals surface area (Å²) >= 11 is 5.90. The Bertz CT molecular complexity index is 299. The molecule has 1 N–H and O–H groups in total. The number of hydrogen-bond acceptors (Lipinski definition) is 1. The van der Waals surface area contributed by atoms with Crippen LogP contribution in [0.2, 0.25) is 5.02 Å². The Morgan fingerprint density at radius 3 is 2.31 bits per heavy atom. The van der Waals surface area contributed by atoms with Crippen LogP contribution in [0.5, 0.6) is 0 Å². The van der Waals surface area contributed by atoms with Gasteiger partial charge >= 0.3 is 0 Å². The summed E-state index contributed by atoms with van der Waals surface area (Å²) in [5, 5.41) is 9.53. The van der Waals surface area contributed by atoms with Crippen LogP contribution >= 0.6 is 11.6 Å². The fraction of sp³-hybridized carbons (Fsp3) is 0.364. The molecule has 0 saturated carbocycles. The van der Waals surface area contributed by atoms with Crippen molar-refractivity contribution < 1.29 is 5.11 Å². The van der Waals surface area contributed by atoms with Gasteiger partial charge in [0.1, 0.15) is 6.61 Å². The molecular formula is C11H14ClO. The molecule has 2 heteroatoms. The van der Waals surface area contributed by atoms with Gasteiger partial charge in [-0.05, 0) is 28.7 Å². The highest BCUT2D eigenvalue weighted by atomic mass is 35.5. The van der Waals surface area contributed by atoms with E-state index in [1.165, 1.54) is 0 Å². The zero-order valence-corrected chi connectivity index (χ0v) is 8.89. The zero-order valence-electron chi connectivity index (χ0n) is 8.13. The van der Waals surface area contributed by atoms with Crippen LogP contribution in [0.15, 0.2) is 18.2 Å². The van der Waals surface area contributed by atoms with Crippen molar-refractivity contribution in [2.75, 3.05) is 0 Å². The maximum absolute atomic E-state index is 8.87. The molecule has 0 saturated heterocycles. The van der Waals surface area contributed by atoms with Crippen LogP contribution in [0.4, 0.5) is 0 Å². The van der Waals surface area contributed by atoms with E-state index in [-0.39, 0.29) is 5.41 Å². The number of aliphatic hydroxyl groups is 1. The highest BCUT2D eigenvalue weighted by Crippen LogP contribution is 2.26. The molecule has 0 aromatic heterocycles. The van der Waals surface area contributed by atoms with E-state index in [4.69, 9.17) is 16.7 Å². The number of benzene rings is 1. The second-order valence-electron chi connectivity index (χ2n) is 4.15. The third-order valence-corrected chi connectivity index (χ3v) is 2.15. The molecule has 13 heavy (non-hydrogen) atoms. The summed E-state index contributed by atoms with van der Waals surface area (Å²) in [4.78, 5) is 0. The highest BCUT2D eigenvalue weighted by molar-refractivity contribution is 6.30. The Kier molecular flexibility index (Phi) is 2.99. The van der Waals surface area contributed by atoms with Gasteiger partial charge in [0, 0.05) is 5.02 Å². The van der Waals surface area contributed by atoms with Gasteiger partial charge in [-0.2, -0.15) is 0 Å². The van der Waals surface area contributed by atoms with E-state index in [0.29, 0.717) is 5.02 Å². The molecule has 1 nitrogen and oxygen atoms in total. The van der Waals surface area contributed by atoms with Crippen molar-refractivity contribution in [3.63, 3.8) is 0 Å². The van der Waals surface area contributed by atoms with Crippen molar-refractivity contribution in [1.82, 2.24) is 0 Å². The normalized spacial score (nSPS) is 11.8. The number of aliphatic hydroxyl groups excluding tert-OH is 1. The Labute approximate surface area is 84.4 Å². The molecular weight excluding hydrogens is 184 g/mol. The van der Waals surface area contributed by atoms with Crippen molar-refractivity contribution in [3.05, 3.63) is 41.0 Å². The number of hydrogen-bond donors (Lipinski definition) is 1. The second kappa shape index (κ2) is 3.69. The molecule has 0 fully saturated rings. The average Bonchev–Trinajstić information content (AvgIpc) is 2.01. The number of halogens is 1. The third-order valence-electron chi connectivity index (χ3n) is 1.94. The van der Waals surface area contributed by atoms with E-state index >= 15 is 0 Å². The Morgan fingerprint density at radius 2 is 1.85 bits per heavy atom. The van der Waals surface area contributed by atoms with E-state index in [2.05, 4.69) is 20.8 Å². The lowest BCUT2D eigenvalue weighted by Gasteiger charge is -2.19. The lowest BCUT2D eigenvalue weighted by Crippen LogP contribution is -2.11. The quantitative estimate of drug-likeness (QED) is 0.731. The van der Waals surface area contributed by atoms with Crippen LogP contribution in [-0.2, 0) is 5.41 Å². The molecule has 1 aromatic carbocycles. The summed E-state index contributed by atoms with van der Waals surface area (Å²) in [6.45, 7) is 7.40. The molecule has 0 aliphatic carbocycles. The van der Waals surface area contributed by atoms with Gasteiger partial charge < -0.3 is 5.11 Å².